The zero-order chi connectivity index (χ0) is 25.3. The molecule has 0 aromatic heterocycles. The van der Waals surface area contributed by atoms with Crippen LogP contribution >= 0.6 is 0 Å². The Bertz CT molecular complexity index is 635. The molecule has 3 saturated heterocycles. The first-order valence-corrected chi connectivity index (χ1v) is 10.9. The molecule has 3 rings (SSSR count). The fraction of sp³-hybridized carbons (Fsp3) is 1.00. The van der Waals surface area contributed by atoms with Crippen molar-refractivity contribution in [2.24, 2.45) is 0 Å². The molecule has 15 heteroatoms. The summed E-state index contributed by atoms with van der Waals surface area (Å²) in [5.74, 6) is 0. The molecule has 0 aromatic carbocycles. The fourth-order valence-electron chi connectivity index (χ4n) is 4.26. The average molecular weight is 502 g/mol. The summed E-state index contributed by atoms with van der Waals surface area (Å²) in [6.07, 6.45) is -22.6. The van der Waals surface area contributed by atoms with E-state index in [9.17, 15) is 51.1 Å². The van der Waals surface area contributed by atoms with Crippen molar-refractivity contribution in [2.45, 2.75) is 98.9 Å². The monoisotopic (exact) mass is 502 g/mol. The zero-order valence-electron chi connectivity index (χ0n) is 18.3. The van der Waals surface area contributed by atoms with E-state index < -0.39 is 112 Å². The Morgan fingerprint density at radius 1 is 0.500 bits per heavy atom. The van der Waals surface area contributed by atoms with Crippen LogP contribution in [0.25, 0.3) is 0 Å². The smallest absolute Gasteiger partial charge is 0.187 e. The van der Waals surface area contributed by atoms with Crippen molar-refractivity contribution in [2.75, 3.05) is 19.8 Å². The molecule has 0 spiro atoms. The molecular weight excluding hydrogens is 468 g/mol. The van der Waals surface area contributed by atoms with Gasteiger partial charge in [0.25, 0.3) is 0 Å². The maximum Gasteiger partial charge on any atom is 0.187 e. The van der Waals surface area contributed by atoms with Crippen LogP contribution in [0.3, 0.4) is 0 Å². The lowest BCUT2D eigenvalue weighted by Crippen LogP contribution is -2.66. The summed E-state index contributed by atoms with van der Waals surface area (Å²) < 4.78 is 27.1. The molecule has 34 heavy (non-hydrogen) atoms. The van der Waals surface area contributed by atoms with Gasteiger partial charge in [-0.2, -0.15) is 0 Å². The van der Waals surface area contributed by atoms with Crippen LogP contribution < -0.4 is 0 Å². The first kappa shape index (κ1) is 28.0. The maximum absolute atomic E-state index is 10.6. The molecule has 0 aliphatic carbocycles. The molecule has 0 saturated carbocycles. The summed E-state index contributed by atoms with van der Waals surface area (Å²) in [5.41, 5.74) is 0. The number of hydrogen-bond acceptors (Lipinski definition) is 15. The van der Waals surface area contributed by atoms with E-state index in [1.165, 1.54) is 6.92 Å². The molecule has 6 unspecified atom stereocenters. The van der Waals surface area contributed by atoms with Crippen molar-refractivity contribution in [1.29, 1.82) is 0 Å². The fourth-order valence-corrected chi connectivity index (χ4v) is 4.26. The standard InChI is InChI=1S/C19H34O15/c1-5-9(23)12(26)16(7(3-21)30-5)33-19-15(29)13(27)17(8(4-22)32-19)34-18-14(28)11(25)10(24)6(2-20)31-18/h5-29H,2-4H2,1H3/t5-,6?,7?,8?,9?,10+,11-,12+,13+,14?,15?,16+,17+,18+,19+/m0/s1. The minimum atomic E-state index is -1.85. The van der Waals surface area contributed by atoms with Crippen LogP contribution in [0.15, 0.2) is 0 Å². The van der Waals surface area contributed by atoms with Crippen LogP contribution in [0.2, 0.25) is 0 Å². The Morgan fingerprint density at radius 3 is 1.41 bits per heavy atom. The molecule has 15 nitrogen and oxygen atoms in total. The molecule has 3 heterocycles. The molecule has 10 N–H and O–H groups in total. The largest absolute Gasteiger partial charge is 0.394 e. The number of rotatable bonds is 7. The van der Waals surface area contributed by atoms with Gasteiger partial charge in [0.05, 0.1) is 25.9 Å². The molecule has 3 aliphatic heterocycles. The minimum absolute atomic E-state index is 0.601. The molecular formula is C19H34O15. The van der Waals surface area contributed by atoms with Gasteiger partial charge in [-0.15, -0.1) is 0 Å². The predicted molar refractivity (Wildman–Crippen MR) is 105 cm³/mol. The van der Waals surface area contributed by atoms with Gasteiger partial charge in [-0.05, 0) is 6.92 Å². The molecule has 0 aromatic rings. The third kappa shape index (κ3) is 5.39. The third-order valence-electron chi connectivity index (χ3n) is 6.35. The van der Waals surface area contributed by atoms with E-state index in [1.54, 1.807) is 0 Å². The Labute approximate surface area is 194 Å². The summed E-state index contributed by atoms with van der Waals surface area (Å²) in [7, 11) is 0. The molecule has 3 aliphatic rings. The summed E-state index contributed by atoms with van der Waals surface area (Å²) >= 11 is 0. The summed E-state index contributed by atoms with van der Waals surface area (Å²) in [5, 5.41) is 100. The van der Waals surface area contributed by atoms with E-state index in [2.05, 4.69) is 0 Å². The summed E-state index contributed by atoms with van der Waals surface area (Å²) in [6, 6.07) is 0. The van der Waals surface area contributed by atoms with Gasteiger partial charge in [-0.25, -0.2) is 0 Å². The lowest BCUT2D eigenvalue weighted by atomic mass is 9.94. The third-order valence-corrected chi connectivity index (χ3v) is 6.35. The topological polar surface area (TPSA) is 248 Å². The molecule has 0 bridgehead atoms. The molecule has 15 atom stereocenters. The first-order chi connectivity index (χ1) is 16.0. The molecule has 3 fully saturated rings. The van der Waals surface area contributed by atoms with Crippen LogP contribution in [0.5, 0.6) is 0 Å². The van der Waals surface area contributed by atoms with E-state index in [1.807, 2.05) is 0 Å². The highest BCUT2D eigenvalue weighted by molar-refractivity contribution is 4.96. The zero-order valence-corrected chi connectivity index (χ0v) is 18.3. The van der Waals surface area contributed by atoms with Crippen molar-refractivity contribution in [3.63, 3.8) is 0 Å². The van der Waals surface area contributed by atoms with Crippen molar-refractivity contribution < 1.29 is 74.7 Å². The molecule has 0 amide bonds. The van der Waals surface area contributed by atoms with Crippen LogP contribution in [-0.4, -0.2) is 163 Å². The van der Waals surface area contributed by atoms with Crippen LogP contribution in [-0.2, 0) is 23.7 Å². The van der Waals surface area contributed by atoms with Crippen molar-refractivity contribution in [3.05, 3.63) is 0 Å². The Hall–Kier alpha value is -0.600. The van der Waals surface area contributed by atoms with E-state index in [0.29, 0.717) is 0 Å². The highest BCUT2D eigenvalue weighted by Gasteiger charge is 2.52. The van der Waals surface area contributed by atoms with Crippen LogP contribution in [0, 0.1) is 0 Å². The maximum atomic E-state index is 10.6. The SMILES string of the molecule is C[C@@H]1OC(CO)[C@@H](O[C@H]2OC(CO)[C@@H](O[C@H]3OC(CO)[C@@H](O)[C@H](O)C3O)[C@H](O)C2O)[C@H](O)C1O. The summed E-state index contributed by atoms with van der Waals surface area (Å²) in [4.78, 5) is 0. The van der Waals surface area contributed by atoms with Gasteiger partial charge in [0.1, 0.15) is 73.2 Å². The normalized spacial score (nSPS) is 52.5. The van der Waals surface area contributed by atoms with Gasteiger partial charge in [0.15, 0.2) is 12.6 Å². The Balaban J connectivity index is 1.72. The quantitative estimate of drug-likeness (QED) is 0.155. The van der Waals surface area contributed by atoms with Crippen LogP contribution in [0.4, 0.5) is 0 Å². The summed E-state index contributed by atoms with van der Waals surface area (Å²) in [6.45, 7) is -0.626. The number of aliphatic hydroxyl groups excluding tert-OH is 10. The van der Waals surface area contributed by atoms with Crippen LogP contribution in [0.1, 0.15) is 6.92 Å². The van der Waals surface area contributed by atoms with E-state index in [-0.39, 0.29) is 0 Å². The Morgan fingerprint density at radius 2 is 0.912 bits per heavy atom. The molecule has 0 radical (unpaired) electrons. The van der Waals surface area contributed by atoms with Gasteiger partial charge in [0.2, 0.25) is 0 Å². The number of hydrogen-bond donors (Lipinski definition) is 10. The second-order valence-electron chi connectivity index (χ2n) is 8.65. The second kappa shape index (κ2) is 11.6. The predicted octanol–water partition coefficient (Wildman–Crippen LogP) is -6.50. The van der Waals surface area contributed by atoms with E-state index in [0.717, 1.165) is 0 Å². The molecule has 200 valence electrons. The van der Waals surface area contributed by atoms with Crippen molar-refractivity contribution in [1.82, 2.24) is 0 Å². The van der Waals surface area contributed by atoms with Crippen molar-refractivity contribution >= 4 is 0 Å². The van der Waals surface area contributed by atoms with Gasteiger partial charge in [0, 0.05) is 0 Å². The highest BCUT2D eigenvalue weighted by atomic mass is 16.7. The van der Waals surface area contributed by atoms with Gasteiger partial charge >= 0.3 is 0 Å². The number of ether oxygens (including phenoxy) is 5. The van der Waals surface area contributed by atoms with Gasteiger partial charge < -0.3 is 74.7 Å². The Kier molecular flexibility index (Phi) is 9.57. The van der Waals surface area contributed by atoms with Gasteiger partial charge in [-0.1, -0.05) is 0 Å². The van der Waals surface area contributed by atoms with E-state index in [4.69, 9.17) is 23.7 Å². The first-order valence-electron chi connectivity index (χ1n) is 10.9. The van der Waals surface area contributed by atoms with Crippen molar-refractivity contribution in [3.8, 4) is 0 Å². The second-order valence-corrected chi connectivity index (χ2v) is 8.65. The average Bonchev–Trinajstić information content (AvgIpc) is 2.83. The van der Waals surface area contributed by atoms with E-state index >= 15 is 0 Å². The van der Waals surface area contributed by atoms with Gasteiger partial charge in [-0.3, -0.25) is 0 Å². The highest BCUT2D eigenvalue weighted by Crippen LogP contribution is 2.32. The minimum Gasteiger partial charge on any atom is -0.394 e. The lowest BCUT2D eigenvalue weighted by molar-refractivity contribution is -0.372. The number of aliphatic hydroxyl groups is 10. The lowest BCUT2D eigenvalue weighted by Gasteiger charge is -2.48.